The quantitative estimate of drug-likeness (QED) is 0.566. The monoisotopic (exact) mass is 218 g/mol. The highest BCUT2D eigenvalue weighted by molar-refractivity contribution is 8.22. The van der Waals surface area contributed by atoms with Gasteiger partial charge >= 0.3 is 0 Å². The normalized spacial score (nSPS) is 15.5. The summed E-state index contributed by atoms with van der Waals surface area (Å²) in [7, 11) is 0. The predicted molar refractivity (Wildman–Crippen MR) is 65.3 cm³/mol. The summed E-state index contributed by atoms with van der Waals surface area (Å²) in [5, 5.41) is 10.2. The Morgan fingerprint density at radius 2 is 2.23 bits per heavy atom. The molecule has 0 aromatic carbocycles. The Kier molecular flexibility index (Phi) is 5.85. The van der Waals surface area contributed by atoms with Crippen molar-refractivity contribution >= 4 is 28.2 Å². The number of hydrogen-bond acceptors (Lipinski definition) is 3. The smallest absolute Gasteiger partial charge is 0.0758 e. The van der Waals surface area contributed by atoms with E-state index in [4.69, 9.17) is 12.2 Å². The van der Waals surface area contributed by atoms with Gasteiger partial charge in [0.2, 0.25) is 0 Å². The largest absolute Gasteiger partial charge is 0.389 e. The Morgan fingerprint density at radius 3 is 2.54 bits per heavy atom. The number of aliphatic hydroxyl groups is 1. The van der Waals surface area contributed by atoms with E-state index in [2.05, 4.69) is 6.58 Å². The van der Waals surface area contributed by atoms with Crippen LogP contribution in [0.15, 0.2) is 12.7 Å². The lowest BCUT2D eigenvalue weighted by molar-refractivity contribution is 0.00589. The molecule has 0 aliphatic carbocycles. The van der Waals surface area contributed by atoms with Gasteiger partial charge in [-0.05, 0) is 18.6 Å². The van der Waals surface area contributed by atoms with Gasteiger partial charge in [0.15, 0.2) is 0 Å². The van der Waals surface area contributed by atoms with Crippen molar-refractivity contribution in [2.75, 3.05) is 6.26 Å². The molecule has 1 unspecified atom stereocenters. The first-order chi connectivity index (χ1) is 5.96. The zero-order valence-electron chi connectivity index (χ0n) is 8.54. The second-order valence-electron chi connectivity index (χ2n) is 3.50. The molecule has 0 aromatic heterocycles. The third kappa shape index (κ3) is 4.25. The van der Waals surface area contributed by atoms with Crippen LogP contribution in [0.2, 0.25) is 0 Å². The summed E-state index contributed by atoms with van der Waals surface area (Å²) in [5.41, 5.74) is -0.707. The minimum Gasteiger partial charge on any atom is -0.389 e. The van der Waals surface area contributed by atoms with Gasteiger partial charge in [-0.1, -0.05) is 32.1 Å². The molecule has 3 heteroatoms. The van der Waals surface area contributed by atoms with Gasteiger partial charge in [0.05, 0.1) is 9.80 Å². The number of thioether (sulfide) groups is 1. The molecule has 1 N–H and O–H groups in total. The van der Waals surface area contributed by atoms with Crippen LogP contribution in [-0.4, -0.2) is 21.2 Å². The van der Waals surface area contributed by atoms with E-state index < -0.39 is 5.60 Å². The van der Waals surface area contributed by atoms with Crippen molar-refractivity contribution in [2.24, 2.45) is 5.92 Å². The molecule has 0 aliphatic rings. The summed E-state index contributed by atoms with van der Waals surface area (Å²) in [4.78, 5) is 0. The van der Waals surface area contributed by atoms with Crippen molar-refractivity contribution in [3.63, 3.8) is 0 Å². The number of rotatable bonds is 5. The average Bonchev–Trinajstić information content (AvgIpc) is 2.04. The van der Waals surface area contributed by atoms with Crippen molar-refractivity contribution in [1.29, 1.82) is 0 Å². The van der Waals surface area contributed by atoms with Gasteiger partial charge in [-0.2, -0.15) is 0 Å². The van der Waals surface area contributed by atoms with Crippen LogP contribution in [0, 0.1) is 5.92 Å². The van der Waals surface area contributed by atoms with Gasteiger partial charge in [-0.15, -0.1) is 18.3 Å². The highest BCUT2D eigenvalue weighted by Crippen LogP contribution is 2.28. The number of hydrogen-bond donors (Lipinski definition) is 1. The van der Waals surface area contributed by atoms with Crippen molar-refractivity contribution in [3.8, 4) is 0 Å². The highest BCUT2D eigenvalue weighted by Gasteiger charge is 2.30. The Hall–Kier alpha value is 0.140. The summed E-state index contributed by atoms with van der Waals surface area (Å²) < 4.78 is 0.859. The van der Waals surface area contributed by atoms with Crippen LogP contribution in [-0.2, 0) is 0 Å². The molecular weight excluding hydrogens is 200 g/mol. The van der Waals surface area contributed by atoms with Crippen LogP contribution in [0.25, 0.3) is 0 Å². The molecule has 76 valence electrons. The lowest BCUT2D eigenvalue weighted by atomic mass is 9.85. The third-order valence-electron chi connectivity index (χ3n) is 2.25. The van der Waals surface area contributed by atoms with E-state index in [1.165, 1.54) is 11.8 Å². The lowest BCUT2D eigenvalue weighted by Crippen LogP contribution is -2.36. The predicted octanol–water partition coefficient (Wildman–Crippen LogP) is 3.03. The Balaban J connectivity index is 4.40. The first-order valence-corrected chi connectivity index (χ1v) is 5.99. The van der Waals surface area contributed by atoms with Gasteiger partial charge < -0.3 is 5.11 Å². The van der Waals surface area contributed by atoms with E-state index in [0.717, 1.165) is 4.20 Å². The second-order valence-corrected chi connectivity index (χ2v) is 5.16. The molecule has 1 nitrogen and oxygen atoms in total. The Morgan fingerprint density at radius 1 is 1.69 bits per heavy atom. The lowest BCUT2D eigenvalue weighted by Gasteiger charge is -2.31. The van der Waals surface area contributed by atoms with Gasteiger partial charge in [0.1, 0.15) is 0 Å². The first-order valence-electron chi connectivity index (χ1n) is 4.36. The molecule has 0 saturated heterocycles. The molecule has 0 heterocycles. The molecular formula is C10H18OS2. The van der Waals surface area contributed by atoms with Crippen molar-refractivity contribution < 1.29 is 5.11 Å². The fraction of sp³-hybridized carbons (Fsp3) is 0.700. The van der Waals surface area contributed by atoms with E-state index in [-0.39, 0.29) is 5.92 Å². The average molecular weight is 218 g/mol. The second kappa shape index (κ2) is 5.78. The van der Waals surface area contributed by atoms with Crippen LogP contribution in [0.3, 0.4) is 0 Å². The molecule has 0 radical (unpaired) electrons. The van der Waals surface area contributed by atoms with Crippen LogP contribution >= 0.6 is 24.0 Å². The summed E-state index contributed by atoms with van der Waals surface area (Å²) in [6.07, 6.45) is 4.87. The maximum atomic E-state index is 10.2. The third-order valence-corrected chi connectivity index (χ3v) is 3.49. The summed E-state index contributed by atoms with van der Waals surface area (Å²) in [6.45, 7) is 7.66. The van der Waals surface area contributed by atoms with Gasteiger partial charge in [-0.25, -0.2) is 0 Å². The molecule has 0 rings (SSSR count). The minimum absolute atomic E-state index is 0.204. The van der Waals surface area contributed by atoms with E-state index in [9.17, 15) is 5.11 Å². The zero-order valence-corrected chi connectivity index (χ0v) is 10.2. The molecule has 0 saturated carbocycles. The van der Waals surface area contributed by atoms with Crippen LogP contribution in [0.5, 0.6) is 0 Å². The highest BCUT2D eigenvalue weighted by atomic mass is 32.2. The molecule has 0 aromatic rings. The standard InChI is InChI=1S/C10H18OS2/c1-5-6-10(11,8(2)3)7-9(12)13-4/h5,8,11H,1,6-7H2,2-4H3. The maximum Gasteiger partial charge on any atom is 0.0758 e. The summed E-state index contributed by atoms with van der Waals surface area (Å²) in [5.74, 6) is 0.204. The molecule has 0 bridgehead atoms. The van der Waals surface area contributed by atoms with Crippen LogP contribution in [0.1, 0.15) is 26.7 Å². The summed E-state index contributed by atoms with van der Waals surface area (Å²) >= 11 is 6.64. The van der Waals surface area contributed by atoms with Crippen molar-refractivity contribution in [3.05, 3.63) is 12.7 Å². The summed E-state index contributed by atoms with van der Waals surface area (Å²) in [6, 6.07) is 0. The van der Waals surface area contributed by atoms with Gasteiger partial charge in [0.25, 0.3) is 0 Å². The van der Waals surface area contributed by atoms with Crippen molar-refractivity contribution in [1.82, 2.24) is 0 Å². The minimum atomic E-state index is -0.707. The van der Waals surface area contributed by atoms with Gasteiger partial charge in [0, 0.05) is 6.42 Å². The molecule has 13 heavy (non-hydrogen) atoms. The first kappa shape index (κ1) is 13.1. The van der Waals surface area contributed by atoms with Crippen LogP contribution in [0.4, 0.5) is 0 Å². The van der Waals surface area contributed by atoms with E-state index in [0.29, 0.717) is 12.8 Å². The Labute approximate surface area is 90.6 Å². The number of thiocarbonyl (C=S) groups is 1. The van der Waals surface area contributed by atoms with E-state index in [1.807, 2.05) is 20.1 Å². The van der Waals surface area contributed by atoms with Gasteiger partial charge in [-0.3, -0.25) is 0 Å². The maximum absolute atomic E-state index is 10.2. The fourth-order valence-corrected chi connectivity index (χ4v) is 1.73. The fourth-order valence-electron chi connectivity index (χ4n) is 1.08. The topological polar surface area (TPSA) is 20.2 Å². The molecule has 0 aliphatic heterocycles. The van der Waals surface area contributed by atoms with Crippen molar-refractivity contribution in [2.45, 2.75) is 32.3 Å². The van der Waals surface area contributed by atoms with E-state index >= 15 is 0 Å². The molecule has 0 fully saturated rings. The zero-order chi connectivity index (χ0) is 10.5. The Bertz CT molecular complexity index is 189. The molecule has 1 atom stereocenters. The SMILES string of the molecule is C=CCC(O)(CC(=S)SC)C(C)C. The molecule has 0 spiro atoms. The van der Waals surface area contributed by atoms with E-state index in [1.54, 1.807) is 6.08 Å². The molecule has 0 amide bonds. The van der Waals surface area contributed by atoms with Crippen LogP contribution < -0.4 is 0 Å².